The summed E-state index contributed by atoms with van der Waals surface area (Å²) < 4.78 is 28.2. The van der Waals surface area contributed by atoms with E-state index in [2.05, 4.69) is 15.2 Å². The van der Waals surface area contributed by atoms with Crippen molar-refractivity contribution in [1.29, 1.82) is 0 Å². The number of aromatic nitrogens is 4. The van der Waals surface area contributed by atoms with Gasteiger partial charge in [-0.2, -0.15) is 5.10 Å². The summed E-state index contributed by atoms with van der Waals surface area (Å²) in [5, 5.41) is 6.90. The average Bonchev–Trinajstić information content (AvgIpc) is 3.01. The van der Waals surface area contributed by atoms with Gasteiger partial charge in [-0.1, -0.05) is 0 Å². The molecule has 5 nitrogen and oxygen atoms in total. The molecule has 0 aliphatic rings. The molecule has 0 fully saturated rings. The first-order chi connectivity index (χ1) is 10.1. The summed E-state index contributed by atoms with van der Waals surface area (Å²) in [7, 11) is 0. The van der Waals surface area contributed by atoms with E-state index in [0.717, 1.165) is 23.2 Å². The zero-order valence-corrected chi connectivity index (χ0v) is 10.6. The van der Waals surface area contributed by atoms with E-state index in [-0.39, 0.29) is 0 Å². The van der Waals surface area contributed by atoms with Crippen molar-refractivity contribution in [2.75, 3.05) is 5.73 Å². The van der Waals surface area contributed by atoms with Crippen molar-refractivity contribution in [3.8, 4) is 11.4 Å². The standard InChI is InChI=1S/C14H9F2N5/c15-9-3-1-7(5-10(9)16)13-19-20-14-18-11-4-2-8(17)6-12(11)21(13)14/h1-6H,17H2,(H,18,20). The molecular formula is C14H9F2N5. The van der Waals surface area contributed by atoms with Crippen LogP contribution in [0.3, 0.4) is 0 Å². The van der Waals surface area contributed by atoms with E-state index in [1.54, 1.807) is 22.6 Å². The van der Waals surface area contributed by atoms with Crippen LogP contribution in [0.25, 0.3) is 28.2 Å². The van der Waals surface area contributed by atoms with Crippen molar-refractivity contribution in [2.45, 2.75) is 0 Å². The molecule has 0 aliphatic carbocycles. The zero-order valence-electron chi connectivity index (χ0n) is 10.6. The summed E-state index contributed by atoms with van der Waals surface area (Å²) in [6, 6.07) is 8.93. The van der Waals surface area contributed by atoms with Gasteiger partial charge in [0.2, 0.25) is 5.78 Å². The quantitative estimate of drug-likeness (QED) is 0.528. The van der Waals surface area contributed by atoms with Crippen LogP contribution >= 0.6 is 0 Å². The van der Waals surface area contributed by atoms with Gasteiger partial charge in [0.15, 0.2) is 17.5 Å². The first kappa shape index (κ1) is 11.8. The monoisotopic (exact) mass is 285 g/mol. The summed E-state index contributed by atoms with van der Waals surface area (Å²) in [4.78, 5) is 4.36. The van der Waals surface area contributed by atoms with Crippen molar-refractivity contribution < 1.29 is 8.78 Å². The fourth-order valence-electron chi connectivity index (χ4n) is 2.36. The van der Waals surface area contributed by atoms with Crippen LogP contribution in [0.4, 0.5) is 14.5 Å². The summed E-state index contributed by atoms with van der Waals surface area (Å²) in [5.74, 6) is -0.870. The predicted octanol–water partition coefficient (Wildman–Crippen LogP) is 2.74. The Labute approximate surface area is 117 Å². The molecule has 0 bridgehead atoms. The number of anilines is 1. The molecule has 4 rings (SSSR count). The molecule has 0 unspecified atom stereocenters. The van der Waals surface area contributed by atoms with Gasteiger partial charge in [-0.05, 0) is 36.4 Å². The third-order valence-corrected chi connectivity index (χ3v) is 3.33. The molecule has 21 heavy (non-hydrogen) atoms. The fourth-order valence-corrected chi connectivity index (χ4v) is 2.36. The number of nitrogens with two attached hydrogens (primary N) is 1. The Bertz CT molecular complexity index is 986. The van der Waals surface area contributed by atoms with Crippen LogP contribution in [-0.4, -0.2) is 19.6 Å². The van der Waals surface area contributed by atoms with E-state index in [1.807, 2.05) is 0 Å². The topological polar surface area (TPSA) is 72.0 Å². The van der Waals surface area contributed by atoms with Crippen LogP contribution in [0.15, 0.2) is 36.4 Å². The second-order valence-corrected chi connectivity index (χ2v) is 4.70. The first-order valence-corrected chi connectivity index (χ1v) is 6.21. The largest absolute Gasteiger partial charge is 0.399 e. The maximum absolute atomic E-state index is 13.4. The molecule has 0 atom stereocenters. The van der Waals surface area contributed by atoms with E-state index in [0.29, 0.717) is 22.9 Å². The Morgan fingerprint density at radius 1 is 1.05 bits per heavy atom. The molecule has 0 spiro atoms. The van der Waals surface area contributed by atoms with E-state index >= 15 is 0 Å². The number of hydrogen-bond donors (Lipinski definition) is 2. The van der Waals surface area contributed by atoms with Gasteiger partial charge in [-0.15, -0.1) is 0 Å². The number of nitrogens with one attached hydrogen (secondary N) is 1. The van der Waals surface area contributed by atoms with Gasteiger partial charge in [-0.25, -0.2) is 18.9 Å². The molecule has 7 heteroatoms. The van der Waals surface area contributed by atoms with Gasteiger partial charge in [0.05, 0.1) is 11.0 Å². The third-order valence-electron chi connectivity index (χ3n) is 3.33. The smallest absolute Gasteiger partial charge is 0.230 e. The first-order valence-electron chi connectivity index (χ1n) is 6.21. The van der Waals surface area contributed by atoms with E-state index in [1.165, 1.54) is 6.07 Å². The molecule has 2 aromatic carbocycles. The second-order valence-electron chi connectivity index (χ2n) is 4.70. The van der Waals surface area contributed by atoms with Gasteiger partial charge in [-0.3, -0.25) is 4.40 Å². The van der Waals surface area contributed by atoms with Crippen LogP contribution in [0.5, 0.6) is 0 Å². The number of H-pyrrole nitrogens is 1. The highest BCUT2D eigenvalue weighted by Crippen LogP contribution is 2.25. The maximum Gasteiger partial charge on any atom is 0.230 e. The second kappa shape index (κ2) is 4.02. The molecule has 2 aromatic heterocycles. The van der Waals surface area contributed by atoms with Crippen molar-refractivity contribution in [2.24, 2.45) is 0 Å². The van der Waals surface area contributed by atoms with Crippen molar-refractivity contribution in [3.63, 3.8) is 0 Å². The van der Waals surface area contributed by atoms with E-state index in [4.69, 9.17) is 5.73 Å². The summed E-state index contributed by atoms with van der Waals surface area (Å²) >= 11 is 0. The van der Waals surface area contributed by atoms with E-state index < -0.39 is 11.6 Å². The number of nitrogen functional groups attached to an aromatic ring is 1. The summed E-state index contributed by atoms with van der Waals surface area (Å²) in [6.45, 7) is 0. The molecule has 104 valence electrons. The number of halogens is 2. The van der Waals surface area contributed by atoms with Gasteiger partial charge in [0.25, 0.3) is 0 Å². The minimum atomic E-state index is -0.924. The highest BCUT2D eigenvalue weighted by molar-refractivity contribution is 5.84. The minimum absolute atomic E-state index is 0.442. The van der Waals surface area contributed by atoms with Crippen molar-refractivity contribution in [1.82, 2.24) is 19.6 Å². The number of imidazole rings is 1. The maximum atomic E-state index is 13.4. The van der Waals surface area contributed by atoms with Crippen LogP contribution in [0.2, 0.25) is 0 Å². The van der Waals surface area contributed by atoms with Gasteiger partial charge < -0.3 is 5.73 Å². The van der Waals surface area contributed by atoms with Gasteiger partial charge in [0.1, 0.15) is 0 Å². The molecule has 2 heterocycles. The van der Waals surface area contributed by atoms with Crippen molar-refractivity contribution >= 4 is 22.5 Å². The lowest BCUT2D eigenvalue weighted by Crippen LogP contribution is -1.92. The Kier molecular flexibility index (Phi) is 2.26. The molecule has 0 amide bonds. The Morgan fingerprint density at radius 3 is 2.71 bits per heavy atom. The van der Waals surface area contributed by atoms with Crippen LogP contribution in [0.1, 0.15) is 0 Å². The number of rotatable bonds is 1. The van der Waals surface area contributed by atoms with Crippen LogP contribution in [-0.2, 0) is 0 Å². The number of nitrogens with zero attached hydrogens (tertiary/aromatic N) is 3. The molecular weight excluding hydrogens is 276 g/mol. The van der Waals surface area contributed by atoms with Crippen molar-refractivity contribution in [3.05, 3.63) is 48.0 Å². The normalized spacial score (nSPS) is 11.5. The Balaban J connectivity index is 2.06. The molecule has 3 N–H and O–H groups in total. The molecule has 0 radical (unpaired) electrons. The minimum Gasteiger partial charge on any atom is -0.399 e. The lowest BCUT2D eigenvalue weighted by atomic mass is 10.2. The molecule has 0 aliphatic heterocycles. The summed E-state index contributed by atoms with van der Waals surface area (Å²) in [6.07, 6.45) is 0. The average molecular weight is 285 g/mol. The van der Waals surface area contributed by atoms with E-state index in [9.17, 15) is 8.78 Å². The highest BCUT2D eigenvalue weighted by atomic mass is 19.2. The van der Waals surface area contributed by atoms with Gasteiger partial charge in [0, 0.05) is 11.3 Å². The summed E-state index contributed by atoms with van der Waals surface area (Å²) in [5.41, 5.74) is 8.31. The fraction of sp³-hybridized carbons (Fsp3) is 0. The number of hydrogen-bond acceptors (Lipinski definition) is 3. The number of benzene rings is 2. The third kappa shape index (κ3) is 1.67. The lowest BCUT2D eigenvalue weighted by molar-refractivity contribution is 0.509. The predicted molar refractivity (Wildman–Crippen MR) is 74.6 cm³/mol. The number of aromatic amines is 1. The molecule has 0 saturated heterocycles. The van der Waals surface area contributed by atoms with Gasteiger partial charge >= 0.3 is 0 Å². The SMILES string of the molecule is Nc1ccc2nc3[nH]nc(-c4ccc(F)c(F)c4)n3c2c1. The molecule has 4 aromatic rings. The highest BCUT2D eigenvalue weighted by Gasteiger charge is 2.15. The number of fused-ring (bicyclic) bond motifs is 3. The van der Waals surface area contributed by atoms with Crippen LogP contribution < -0.4 is 5.73 Å². The Hall–Kier alpha value is -2.96. The molecule has 0 saturated carbocycles. The lowest BCUT2D eigenvalue weighted by Gasteiger charge is -2.01. The Morgan fingerprint density at radius 2 is 1.90 bits per heavy atom. The van der Waals surface area contributed by atoms with Crippen LogP contribution in [0, 0.1) is 11.6 Å². The zero-order chi connectivity index (χ0) is 14.6.